The van der Waals surface area contributed by atoms with E-state index in [9.17, 15) is 0 Å². The van der Waals surface area contributed by atoms with Crippen LogP contribution in [0.4, 0.5) is 5.69 Å². The van der Waals surface area contributed by atoms with E-state index in [0.29, 0.717) is 11.2 Å². The summed E-state index contributed by atoms with van der Waals surface area (Å²) in [5, 5.41) is 18.0. The van der Waals surface area contributed by atoms with Crippen molar-refractivity contribution in [3.8, 4) is 0 Å². The van der Waals surface area contributed by atoms with Gasteiger partial charge in [0.05, 0.1) is 0 Å². The van der Waals surface area contributed by atoms with Crippen LogP contribution in [-0.4, -0.2) is 31.2 Å². The maximum Gasteiger partial charge on any atom is 0.490 e. The highest BCUT2D eigenvalue weighted by molar-refractivity contribution is 6.60. The highest BCUT2D eigenvalue weighted by Gasteiger charge is 2.15. The molecule has 0 aromatic heterocycles. The molecule has 0 unspecified atom stereocenters. The normalized spacial score (nSPS) is 10.8. The van der Waals surface area contributed by atoms with Gasteiger partial charge in [-0.1, -0.05) is 18.2 Å². The minimum atomic E-state index is -1.48. The molecule has 64 valence electrons. The third-order valence-electron chi connectivity index (χ3n) is 1.63. The molecule has 12 heavy (non-hydrogen) atoms. The van der Waals surface area contributed by atoms with E-state index in [1.165, 1.54) is 0 Å². The molecule has 0 saturated heterocycles. The van der Waals surface area contributed by atoms with Gasteiger partial charge in [-0.3, -0.25) is 0 Å². The Labute approximate surface area is 73.8 Å². The molecule has 0 aliphatic carbocycles. The zero-order valence-corrected chi connectivity index (χ0v) is 6.94. The smallest absolute Gasteiger partial charge is 0.423 e. The first-order valence-corrected chi connectivity index (χ1v) is 3.62. The summed E-state index contributed by atoms with van der Waals surface area (Å²) in [6, 6.07) is 6.92. The van der Waals surface area contributed by atoms with E-state index in [4.69, 9.17) is 11.4 Å². The van der Waals surface area contributed by atoms with Gasteiger partial charge in [-0.2, -0.15) is 0 Å². The van der Waals surface area contributed by atoms with Crippen molar-refractivity contribution in [2.45, 2.75) is 0 Å². The topological polar surface area (TPSA) is 43.7 Å². The van der Waals surface area contributed by atoms with Crippen LogP contribution >= 0.6 is 0 Å². The Hall–Kier alpha value is -0.995. The molecule has 0 spiro atoms. The number of hydrogen-bond donors (Lipinski definition) is 2. The van der Waals surface area contributed by atoms with Crippen molar-refractivity contribution < 1.29 is 11.4 Å². The number of para-hydroxylation sites is 1. The van der Waals surface area contributed by atoms with Gasteiger partial charge >= 0.3 is 7.12 Å². The summed E-state index contributed by atoms with van der Waals surface area (Å²) in [5.74, 6) is 0. The zero-order valence-electron chi connectivity index (χ0n) is 7.94. The summed E-state index contributed by atoms with van der Waals surface area (Å²) >= 11 is 0. The molecule has 0 fully saturated rings. The van der Waals surface area contributed by atoms with Gasteiger partial charge in [0, 0.05) is 26.6 Å². The van der Waals surface area contributed by atoms with Gasteiger partial charge in [-0.25, -0.2) is 0 Å². The summed E-state index contributed by atoms with van der Waals surface area (Å²) < 4.78 is 7.15. The van der Waals surface area contributed by atoms with Crippen molar-refractivity contribution in [1.29, 1.82) is 0 Å². The summed E-state index contributed by atoms with van der Waals surface area (Å²) in [5.41, 5.74) is 1.10. The molecular formula is C8H12BNO2. The zero-order chi connectivity index (χ0) is 9.84. The predicted molar refractivity (Wildman–Crippen MR) is 50.6 cm³/mol. The molecule has 0 aliphatic heterocycles. The second-order valence-electron chi connectivity index (χ2n) is 2.63. The number of hydrogen-bond acceptors (Lipinski definition) is 3. The van der Waals surface area contributed by atoms with Gasteiger partial charge < -0.3 is 14.9 Å². The highest BCUT2D eigenvalue weighted by Crippen LogP contribution is 2.06. The third kappa shape index (κ3) is 1.78. The molecule has 1 aromatic rings. The molecule has 2 N–H and O–H groups in total. The first-order valence-electron chi connectivity index (χ1n) is 4.33. The van der Waals surface area contributed by atoms with Crippen LogP contribution < -0.4 is 10.4 Å². The molecule has 4 heteroatoms. The van der Waals surface area contributed by atoms with Crippen LogP contribution in [0.3, 0.4) is 0 Å². The predicted octanol–water partition coefficient (Wildman–Crippen LogP) is -0.568. The lowest BCUT2D eigenvalue weighted by molar-refractivity contribution is 0.426. The second-order valence-corrected chi connectivity index (χ2v) is 2.63. The number of benzene rings is 1. The Morgan fingerprint density at radius 1 is 1.42 bits per heavy atom. The summed E-state index contributed by atoms with van der Waals surface area (Å²) in [4.78, 5) is 1.63. The Morgan fingerprint density at radius 3 is 2.67 bits per heavy atom. The van der Waals surface area contributed by atoms with Gasteiger partial charge in [0.1, 0.15) is 0 Å². The fraction of sp³-hybridized carbons (Fsp3) is 0.250. The van der Waals surface area contributed by atoms with Crippen molar-refractivity contribution in [1.82, 2.24) is 0 Å². The lowest BCUT2D eigenvalue weighted by Crippen LogP contribution is -2.34. The van der Waals surface area contributed by atoms with E-state index < -0.39 is 7.12 Å². The SMILES string of the molecule is [2H]CN(C)c1ccccc1B(O)O. The fourth-order valence-electron chi connectivity index (χ4n) is 1.05. The molecule has 0 atom stereocenters. The van der Waals surface area contributed by atoms with Crippen LogP contribution in [0, 0.1) is 0 Å². The monoisotopic (exact) mass is 166 g/mol. The van der Waals surface area contributed by atoms with Crippen LogP contribution in [0.5, 0.6) is 0 Å². The largest absolute Gasteiger partial charge is 0.490 e. The summed E-state index contributed by atoms with van der Waals surface area (Å²) in [6.07, 6.45) is 0. The second kappa shape index (κ2) is 3.60. The quantitative estimate of drug-likeness (QED) is 0.578. The van der Waals surface area contributed by atoms with Crippen LogP contribution in [0.15, 0.2) is 24.3 Å². The molecule has 0 amide bonds. The summed E-state index contributed by atoms with van der Waals surface area (Å²) in [6.45, 7) is 0. The Morgan fingerprint density at radius 2 is 2.08 bits per heavy atom. The molecule has 1 aromatic carbocycles. The molecule has 1 rings (SSSR count). The van der Waals surface area contributed by atoms with Crippen molar-refractivity contribution >= 4 is 18.3 Å². The first-order chi connectivity index (χ1) is 6.16. The molecular weight excluding hydrogens is 153 g/mol. The molecule has 0 aliphatic rings. The van der Waals surface area contributed by atoms with E-state index >= 15 is 0 Å². The average molecular weight is 166 g/mol. The van der Waals surface area contributed by atoms with Gasteiger partial charge in [-0.05, 0) is 6.07 Å². The fourth-order valence-corrected chi connectivity index (χ4v) is 1.05. The van der Waals surface area contributed by atoms with Crippen molar-refractivity contribution in [3.05, 3.63) is 24.3 Å². The van der Waals surface area contributed by atoms with E-state index in [1.54, 1.807) is 36.2 Å². The maximum absolute atomic E-state index is 9.02. The maximum atomic E-state index is 9.02. The van der Waals surface area contributed by atoms with Crippen molar-refractivity contribution in [2.75, 3.05) is 19.0 Å². The average Bonchev–Trinajstić information content (AvgIpc) is 2.16. The lowest BCUT2D eigenvalue weighted by Gasteiger charge is -2.16. The van der Waals surface area contributed by atoms with Gasteiger partial charge in [0.2, 0.25) is 0 Å². The van der Waals surface area contributed by atoms with E-state index in [-0.39, 0.29) is 7.02 Å². The molecule has 0 bridgehead atoms. The number of anilines is 1. The third-order valence-corrected chi connectivity index (χ3v) is 1.63. The van der Waals surface area contributed by atoms with Crippen molar-refractivity contribution in [2.24, 2.45) is 0 Å². The van der Waals surface area contributed by atoms with E-state index in [0.717, 1.165) is 0 Å². The van der Waals surface area contributed by atoms with E-state index in [2.05, 4.69) is 0 Å². The minimum Gasteiger partial charge on any atom is -0.423 e. The Kier molecular flexibility index (Phi) is 2.30. The highest BCUT2D eigenvalue weighted by atomic mass is 16.4. The Balaban J connectivity index is 3.04. The Bertz CT molecular complexity index is 283. The van der Waals surface area contributed by atoms with E-state index in [1.807, 2.05) is 0 Å². The molecule has 3 nitrogen and oxygen atoms in total. The van der Waals surface area contributed by atoms with Crippen LogP contribution in [0.25, 0.3) is 0 Å². The van der Waals surface area contributed by atoms with Gasteiger partial charge in [0.25, 0.3) is 0 Å². The van der Waals surface area contributed by atoms with Crippen LogP contribution in [0.1, 0.15) is 1.37 Å². The summed E-state index contributed by atoms with van der Waals surface area (Å²) in [7, 11) is 0.336. The van der Waals surface area contributed by atoms with Gasteiger partial charge in [-0.15, -0.1) is 0 Å². The van der Waals surface area contributed by atoms with Gasteiger partial charge in [0.15, 0.2) is 0 Å². The number of nitrogens with zero attached hydrogens (tertiary/aromatic N) is 1. The van der Waals surface area contributed by atoms with Crippen molar-refractivity contribution in [3.63, 3.8) is 0 Å². The first kappa shape index (κ1) is 7.64. The number of rotatable bonds is 2. The standard InChI is InChI=1S/C8H12BNO2/c1-10(2)8-6-4-3-5-7(8)9(11)12/h3-6,11-12H,1-2H3/i1D. The van der Waals surface area contributed by atoms with Crippen LogP contribution in [0.2, 0.25) is 0 Å². The lowest BCUT2D eigenvalue weighted by atomic mass is 9.79. The molecule has 0 heterocycles. The molecule has 0 saturated carbocycles. The molecule has 0 radical (unpaired) electrons. The van der Waals surface area contributed by atoms with Crippen LogP contribution in [-0.2, 0) is 0 Å². The minimum absolute atomic E-state index is 0.0870.